The van der Waals surface area contributed by atoms with Crippen molar-refractivity contribution in [3.63, 3.8) is 0 Å². The number of carbonyl (C=O) groups is 2. The lowest BCUT2D eigenvalue weighted by Gasteiger charge is -2.30. The predicted molar refractivity (Wildman–Crippen MR) is 76.5 cm³/mol. The van der Waals surface area contributed by atoms with E-state index in [1.165, 1.54) is 0 Å². The summed E-state index contributed by atoms with van der Waals surface area (Å²) in [6.07, 6.45) is 1.18. The molecule has 0 bridgehead atoms. The number of hydrogen-bond donors (Lipinski definition) is 4. The van der Waals surface area contributed by atoms with Gasteiger partial charge in [-0.2, -0.15) is 0 Å². The fourth-order valence-electron chi connectivity index (χ4n) is 2.53. The summed E-state index contributed by atoms with van der Waals surface area (Å²) in [5, 5.41) is 12.2. The number of amides is 2. The van der Waals surface area contributed by atoms with Crippen LogP contribution < -0.4 is 21.3 Å². The first-order valence-corrected chi connectivity index (χ1v) is 6.89. The number of hydrogen-bond acceptors (Lipinski definition) is 4. The molecule has 0 aromatic heterocycles. The number of benzene rings is 1. The Labute approximate surface area is 117 Å². The number of para-hydroxylation sites is 2. The van der Waals surface area contributed by atoms with E-state index in [9.17, 15) is 9.59 Å². The second-order valence-corrected chi connectivity index (χ2v) is 5.17. The van der Waals surface area contributed by atoms with Crippen molar-refractivity contribution >= 4 is 23.2 Å². The SMILES string of the molecule is O=C1CCC(NC(=O)C2CNc3ccccc3N2)CN1. The third kappa shape index (κ3) is 2.68. The van der Waals surface area contributed by atoms with E-state index in [0.717, 1.165) is 11.4 Å². The van der Waals surface area contributed by atoms with E-state index in [-0.39, 0.29) is 23.9 Å². The van der Waals surface area contributed by atoms with Crippen LogP contribution in [0.2, 0.25) is 0 Å². The van der Waals surface area contributed by atoms with E-state index in [0.29, 0.717) is 25.9 Å². The number of fused-ring (bicyclic) bond motifs is 1. The van der Waals surface area contributed by atoms with Gasteiger partial charge >= 0.3 is 0 Å². The smallest absolute Gasteiger partial charge is 0.244 e. The summed E-state index contributed by atoms with van der Waals surface area (Å²) in [5.74, 6) is 0.0232. The largest absolute Gasteiger partial charge is 0.381 e. The van der Waals surface area contributed by atoms with E-state index in [2.05, 4.69) is 21.3 Å². The molecule has 0 radical (unpaired) electrons. The van der Waals surface area contributed by atoms with E-state index in [1.54, 1.807) is 0 Å². The first-order chi connectivity index (χ1) is 9.72. The number of anilines is 2. The van der Waals surface area contributed by atoms with Crippen LogP contribution in [0.4, 0.5) is 11.4 Å². The highest BCUT2D eigenvalue weighted by Crippen LogP contribution is 2.25. The molecule has 1 fully saturated rings. The van der Waals surface area contributed by atoms with Gasteiger partial charge in [0.2, 0.25) is 11.8 Å². The summed E-state index contributed by atoms with van der Waals surface area (Å²) in [7, 11) is 0. The maximum atomic E-state index is 12.2. The van der Waals surface area contributed by atoms with Crippen molar-refractivity contribution in [2.75, 3.05) is 23.7 Å². The number of nitrogens with one attached hydrogen (secondary N) is 4. The van der Waals surface area contributed by atoms with Crippen LogP contribution in [0.1, 0.15) is 12.8 Å². The molecule has 3 rings (SSSR count). The Morgan fingerprint density at radius 2 is 1.95 bits per heavy atom. The molecule has 1 aromatic carbocycles. The maximum Gasteiger partial charge on any atom is 0.244 e. The number of carbonyl (C=O) groups excluding carboxylic acids is 2. The van der Waals surface area contributed by atoms with Crippen molar-refractivity contribution in [2.45, 2.75) is 24.9 Å². The van der Waals surface area contributed by atoms with Gasteiger partial charge < -0.3 is 21.3 Å². The second kappa shape index (κ2) is 5.40. The summed E-state index contributed by atoms with van der Waals surface area (Å²) >= 11 is 0. The summed E-state index contributed by atoms with van der Waals surface area (Å²) in [5.41, 5.74) is 1.96. The molecule has 6 heteroatoms. The molecule has 1 saturated heterocycles. The highest BCUT2D eigenvalue weighted by atomic mass is 16.2. The van der Waals surface area contributed by atoms with E-state index >= 15 is 0 Å². The molecular formula is C14H18N4O2. The van der Waals surface area contributed by atoms with Gasteiger partial charge in [-0.25, -0.2) is 0 Å². The number of piperidine rings is 1. The monoisotopic (exact) mass is 274 g/mol. The van der Waals surface area contributed by atoms with Crippen LogP contribution in [0, 0.1) is 0 Å². The van der Waals surface area contributed by atoms with Gasteiger partial charge in [-0.05, 0) is 18.6 Å². The van der Waals surface area contributed by atoms with Crippen LogP contribution in [0.3, 0.4) is 0 Å². The highest BCUT2D eigenvalue weighted by molar-refractivity contribution is 5.89. The molecular weight excluding hydrogens is 256 g/mol. The molecule has 0 aliphatic carbocycles. The van der Waals surface area contributed by atoms with Gasteiger partial charge in [-0.15, -0.1) is 0 Å². The molecule has 2 unspecified atom stereocenters. The Kier molecular flexibility index (Phi) is 3.45. The summed E-state index contributed by atoms with van der Waals surface area (Å²) in [6, 6.07) is 7.56. The highest BCUT2D eigenvalue weighted by Gasteiger charge is 2.26. The van der Waals surface area contributed by atoms with Gasteiger partial charge in [0.25, 0.3) is 0 Å². The average molecular weight is 274 g/mol. The van der Waals surface area contributed by atoms with Crippen LogP contribution in [0.15, 0.2) is 24.3 Å². The lowest BCUT2D eigenvalue weighted by Crippen LogP contribution is -2.53. The minimum Gasteiger partial charge on any atom is -0.381 e. The molecule has 2 atom stereocenters. The van der Waals surface area contributed by atoms with E-state index < -0.39 is 0 Å². The number of rotatable bonds is 2. The minimum absolute atomic E-state index is 0.0270. The van der Waals surface area contributed by atoms with Crippen LogP contribution in [0.5, 0.6) is 0 Å². The zero-order valence-corrected chi connectivity index (χ0v) is 11.1. The Hall–Kier alpha value is -2.24. The predicted octanol–water partition coefficient (Wildman–Crippen LogP) is 0.287. The third-order valence-electron chi connectivity index (χ3n) is 3.68. The third-order valence-corrected chi connectivity index (χ3v) is 3.68. The van der Waals surface area contributed by atoms with Gasteiger partial charge in [0.1, 0.15) is 6.04 Å². The second-order valence-electron chi connectivity index (χ2n) is 5.17. The Morgan fingerprint density at radius 3 is 2.70 bits per heavy atom. The summed E-state index contributed by atoms with van der Waals surface area (Å²) < 4.78 is 0. The molecule has 2 heterocycles. The molecule has 0 saturated carbocycles. The minimum atomic E-state index is -0.289. The topological polar surface area (TPSA) is 82.3 Å². The fraction of sp³-hybridized carbons (Fsp3) is 0.429. The quantitative estimate of drug-likeness (QED) is 0.624. The maximum absolute atomic E-state index is 12.2. The van der Waals surface area contributed by atoms with E-state index in [1.807, 2.05) is 24.3 Å². The fourth-order valence-corrected chi connectivity index (χ4v) is 2.53. The van der Waals surface area contributed by atoms with Crippen LogP contribution in [-0.4, -0.2) is 37.0 Å². The van der Waals surface area contributed by atoms with Crippen molar-refractivity contribution < 1.29 is 9.59 Å². The lowest BCUT2D eigenvalue weighted by molar-refractivity contribution is -0.125. The summed E-state index contributed by atoms with van der Waals surface area (Å²) in [4.78, 5) is 23.3. The molecule has 6 nitrogen and oxygen atoms in total. The van der Waals surface area contributed by atoms with Crippen LogP contribution >= 0.6 is 0 Å². The molecule has 2 aliphatic rings. The average Bonchev–Trinajstić information content (AvgIpc) is 2.49. The van der Waals surface area contributed by atoms with Crippen molar-refractivity contribution in [3.8, 4) is 0 Å². The van der Waals surface area contributed by atoms with Gasteiger partial charge in [-0.1, -0.05) is 12.1 Å². The molecule has 106 valence electrons. The van der Waals surface area contributed by atoms with Crippen LogP contribution in [-0.2, 0) is 9.59 Å². The van der Waals surface area contributed by atoms with Crippen molar-refractivity contribution in [3.05, 3.63) is 24.3 Å². The zero-order valence-electron chi connectivity index (χ0n) is 11.1. The van der Waals surface area contributed by atoms with Gasteiger partial charge in [0.15, 0.2) is 0 Å². The van der Waals surface area contributed by atoms with Crippen molar-refractivity contribution in [2.24, 2.45) is 0 Å². The van der Waals surface area contributed by atoms with Gasteiger partial charge in [0, 0.05) is 25.6 Å². The lowest BCUT2D eigenvalue weighted by atomic mass is 10.1. The molecule has 1 aromatic rings. The normalized spacial score (nSPS) is 24.7. The Balaban J connectivity index is 1.57. The van der Waals surface area contributed by atoms with Crippen LogP contribution in [0.25, 0.3) is 0 Å². The Bertz CT molecular complexity index is 522. The van der Waals surface area contributed by atoms with Gasteiger partial charge in [-0.3, -0.25) is 9.59 Å². The summed E-state index contributed by atoms with van der Waals surface area (Å²) in [6.45, 7) is 1.07. The van der Waals surface area contributed by atoms with Crippen molar-refractivity contribution in [1.29, 1.82) is 0 Å². The standard InChI is InChI=1S/C14H18N4O2/c19-13-6-5-9(7-16-13)17-14(20)12-8-15-10-3-1-2-4-11(10)18-12/h1-4,9,12,15,18H,5-8H2,(H,16,19)(H,17,20). The molecule has 4 N–H and O–H groups in total. The first-order valence-electron chi connectivity index (χ1n) is 6.89. The zero-order chi connectivity index (χ0) is 13.9. The van der Waals surface area contributed by atoms with Crippen molar-refractivity contribution in [1.82, 2.24) is 10.6 Å². The molecule has 2 aliphatic heterocycles. The molecule has 20 heavy (non-hydrogen) atoms. The Morgan fingerprint density at radius 1 is 1.15 bits per heavy atom. The first kappa shape index (κ1) is 12.8. The molecule has 0 spiro atoms. The van der Waals surface area contributed by atoms with Gasteiger partial charge in [0.05, 0.1) is 11.4 Å². The van der Waals surface area contributed by atoms with E-state index in [4.69, 9.17) is 0 Å². The molecule has 2 amide bonds.